The molecule has 0 aromatic rings. The largest absolute Gasteiger partial charge is 0.462 e. The van der Waals surface area contributed by atoms with Gasteiger partial charge in [0.2, 0.25) is 0 Å². The lowest BCUT2D eigenvalue weighted by Gasteiger charge is -2.44. The molecule has 0 aromatic carbocycles. The maximum Gasteiger partial charge on any atom is 0.302 e. The first-order valence-electron chi connectivity index (χ1n) is 10.3. The van der Waals surface area contributed by atoms with Gasteiger partial charge in [0.05, 0.1) is 0 Å². The van der Waals surface area contributed by atoms with Gasteiger partial charge in [-0.05, 0) is 73.2 Å². The van der Waals surface area contributed by atoms with E-state index in [1.807, 2.05) is 0 Å². The number of hydrogen-bond donors (Lipinski definition) is 0. The van der Waals surface area contributed by atoms with Crippen molar-refractivity contribution in [1.82, 2.24) is 0 Å². The van der Waals surface area contributed by atoms with Crippen molar-refractivity contribution >= 4 is 5.97 Å². The molecule has 0 amide bonds. The quantitative estimate of drug-likeness (QED) is 0.424. The molecule has 2 fully saturated rings. The zero-order valence-electron chi connectivity index (χ0n) is 17.2. The highest BCUT2D eigenvalue weighted by Crippen LogP contribution is 2.59. The van der Waals surface area contributed by atoms with Crippen LogP contribution in [0.3, 0.4) is 0 Å². The summed E-state index contributed by atoms with van der Waals surface area (Å²) >= 11 is 0. The Kier molecular flexibility index (Phi) is 6.93. The van der Waals surface area contributed by atoms with E-state index in [2.05, 4.69) is 52.8 Å². The standard InChI is InChI=1S/C23H38O2/c1-16(2)17(3)9-10-18(4)21-11-12-22-20(13-15-25-19(5)24)8-7-14-23(21,22)6/h9-10,13,16-18,21-22H,7-8,11-12,14-15H2,1-6H3/b10-9?,20-13+. The normalized spacial score (nSPS) is 33.6. The maximum absolute atomic E-state index is 11.0. The Hall–Kier alpha value is -1.05. The number of allylic oxidation sites excluding steroid dienone is 3. The van der Waals surface area contributed by atoms with Gasteiger partial charge < -0.3 is 4.74 Å². The van der Waals surface area contributed by atoms with E-state index in [0.29, 0.717) is 35.7 Å². The second-order valence-corrected chi connectivity index (χ2v) is 9.02. The zero-order chi connectivity index (χ0) is 18.6. The van der Waals surface area contributed by atoms with Gasteiger partial charge in [-0.2, -0.15) is 0 Å². The third-order valence-electron chi connectivity index (χ3n) is 7.07. The van der Waals surface area contributed by atoms with E-state index in [9.17, 15) is 4.79 Å². The van der Waals surface area contributed by atoms with Crippen molar-refractivity contribution in [2.75, 3.05) is 6.61 Å². The average molecular weight is 347 g/mol. The minimum Gasteiger partial charge on any atom is -0.462 e. The maximum atomic E-state index is 11.0. The highest BCUT2D eigenvalue weighted by atomic mass is 16.5. The molecule has 0 aliphatic heterocycles. The van der Waals surface area contributed by atoms with Crippen LogP contribution in [-0.2, 0) is 9.53 Å². The molecule has 5 unspecified atom stereocenters. The van der Waals surface area contributed by atoms with Gasteiger partial charge in [0.1, 0.15) is 6.61 Å². The average Bonchev–Trinajstić information content (AvgIpc) is 2.89. The van der Waals surface area contributed by atoms with Crippen molar-refractivity contribution < 1.29 is 9.53 Å². The van der Waals surface area contributed by atoms with E-state index >= 15 is 0 Å². The molecule has 0 radical (unpaired) electrons. The first-order valence-corrected chi connectivity index (χ1v) is 10.3. The van der Waals surface area contributed by atoms with Gasteiger partial charge >= 0.3 is 5.97 Å². The van der Waals surface area contributed by atoms with Crippen LogP contribution >= 0.6 is 0 Å². The molecular formula is C23H38O2. The summed E-state index contributed by atoms with van der Waals surface area (Å²) in [6, 6.07) is 0. The molecule has 2 nitrogen and oxygen atoms in total. The summed E-state index contributed by atoms with van der Waals surface area (Å²) in [6.45, 7) is 13.8. The molecule has 0 heterocycles. The topological polar surface area (TPSA) is 26.3 Å². The Labute approximate surface area is 155 Å². The first kappa shape index (κ1) is 20.3. The molecular weight excluding hydrogens is 308 g/mol. The van der Waals surface area contributed by atoms with Crippen LogP contribution in [0.5, 0.6) is 0 Å². The Morgan fingerprint density at radius 1 is 1.24 bits per heavy atom. The van der Waals surface area contributed by atoms with E-state index in [-0.39, 0.29) is 5.97 Å². The van der Waals surface area contributed by atoms with Crippen LogP contribution in [0.1, 0.15) is 73.6 Å². The van der Waals surface area contributed by atoms with Crippen molar-refractivity contribution in [3.05, 3.63) is 23.8 Å². The van der Waals surface area contributed by atoms with E-state index in [1.54, 1.807) is 5.57 Å². The van der Waals surface area contributed by atoms with E-state index in [4.69, 9.17) is 4.74 Å². The molecule has 142 valence electrons. The summed E-state index contributed by atoms with van der Waals surface area (Å²) in [4.78, 5) is 11.0. The van der Waals surface area contributed by atoms with Gasteiger partial charge in [0.25, 0.3) is 0 Å². The van der Waals surface area contributed by atoms with E-state index in [1.165, 1.54) is 39.0 Å². The van der Waals surface area contributed by atoms with Crippen LogP contribution in [0.15, 0.2) is 23.8 Å². The Morgan fingerprint density at radius 2 is 1.96 bits per heavy atom. The Bertz CT molecular complexity index is 516. The summed E-state index contributed by atoms with van der Waals surface area (Å²) in [5.41, 5.74) is 1.95. The summed E-state index contributed by atoms with van der Waals surface area (Å²) in [7, 11) is 0. The molecule has 2 heteroatoms. The van der Waals surface area contributed by atoms with Crippen molar-refractivity contribution in [2.24, 2.45) is 35.0 Å². The molecule has 0 spiro atoms. The number of rotatable bonds is 6. The predicted octanol–water partition coefficient (Wildman–Crippen LogP) is 6.18. The highest BCUT2D eigenvalue weighted by Gasteiger charge is 2.50. The van der Waals surface area contributed by atoms with Crippen molar-refractivity contribution in [1.29, 1.82) is 0 Å². The zero-order valence-corrected chi connectivity index (χ0v) is 17.2. The Morgan fingerprint density at radius 3 is 2.60 bits per heavy atom. The van der Waals surface area contributed by atoms with Crippen LogP contribution in [0.4, 0.5) is 0 Å². The number of esters is 1. The molecule has 0 saturated heterocycles. The summed E-state index contributed by atoms with van der Waals surface area (Å²) in [5.74, 6) is 3.27. The van der Waals surface area contributed by atoms with Gasteiger partial charge in [-0.3, -0.25) is 4.79 Å². The summed E-state index contributed by atoms with van der Waals surface area (Å²) in [6.07, 6.45) is 13.5. The number of ether oxygens (including phenoxy) is 1. The predicted molar refractivity (Wildman–Crippen MR) is 105 cm³/mol. The fraction of sp³-hybridized carbons (Fsp3) is 0.783. The lowest BCUT2D eigenvalue weighted by molar-refractivity contribution is -0.139. The Balaban J connectivity index is 2.08. The fourth-order valence-corrected chi connectivity index (χ4v) is 5.16. The van der Waals surface area contributed by atoms with Crippen LogP contribution in [0.2, 0.25) is 0 Å². The highest BCUT2D eigenvalue weighted by molar-refractivity contribution is 5.66. The summed E-state index contributed by atoms with van der Waals surface area (Å²) in [5, 5.41) is 0. The third kappa shape index (κ3) is 4.77. The SMILES string of the molecule is CC(=O)OC/C=C1\CCCC2(C)C1CCC2C(C)C=CC(C)C(C)C. The fourth-order valence-electron chi connectivity index (χ4n) is 5.16. The molecule has 0 bridgehead atoms. The number of carbonyl (C=O) groups is 1. The van der Waals surface area contributed by atoms with E-state index in [0.717, 1.165) is 5.92 Å². The minimum absolute atomic E-state index is 0.183. The van der Waals surface area contributed by atoms with Gasteiger partial charge in [0, 0.05) is 6.92 Å². The lowest BCUT2D eigenvalue weighted by atomic mass is 9.61. The third-order valence-corrected chi connectivity index (χ3v) is 7.07. The number of fused-ring (bicyclic) bond motifs is 1. The van der Waals surface area contributed by atoms with Crippen molar-refractivity contribution in [2.45, 2.75) is 73.6 Å². The molecule has 0 aromatic heterocycles. The molecule has 0 N–H and O–H groups in total. The van der Waals surface area contributed by atoms with Gasteiger partial charge in [0.15, 0.2) is 0 Å². The molecule has 2 saturated carbocycles. The second-order valence-electron chi connectivity index (χ2n) is 9.02. The molecule has 2 aliphatic rings. The second kappa shape index (κ2) is 8.56. The van der Waals surface area contributed by atoms with Crippen LogP contribution in [-0.4, -0.2) is 12.6 Å². The summed E-state index contributed by atoms with van der Waals surface area (Å²) < 4.78 is 5.16. The van der Waals surface area contributed by atoms with Crippen LogP contribution < -0.4 is 0 Å². The van der Waals surface area contributed by atoms with E-state index < -0.39 is 0 Å². The molecule has 25 heavy (non-hydrogen) atoms. The first-order chi connectivity index (χ1) is 11.8. The monoisotopic (exact) mass is 346 g/mol. The van der Waals surface area contributed by atoms with Crippen LogP contribution in [0, 0.1) is 35.0 Å². The smallest absolute Gasteiger partial charge is 0.302 e. The van der Waals surface area contributed by atoms with Crippen molar-refractivity contribution in [3.8, 4) is 0 Å². The number of carbonyl (C=O) groups excluding carboxylic acids is 1. The van der Waals surface area contributed by atoms with Gasteiger partial charge in [-0.25, -0.2) is 0 Å². The minimum atomic E-state index is -0.183. The van der Waals surface area contributed by atoms with Crippen LogP contribution in [0.25, 0.3) is 0 Å². The van der Waals surface area contributed by atoms with Gasteiger partial charge in [-0.1, -0.05) is 52.3 Å². The molecule has 2 rings (SSSR count). The number of hydrogen-bond acceptors (Lipinski definition) is 2. The lowest BCUT2D eigenvalue weighted by Crippen LogP contribution is -2.35. The van der Waals surface area contributed by atoms with Crippen molar-refractivity contribution in [3.63, 3.8) is 0 Å². The van der Waals surface area contributed by atoms with Gasteiger partial charge in [-0.15, -0.1) is 0 Å². The molecule has 2 aliphatic carbocycles. The molecule has 5 atom stereocenters.